The molecule has 0 unspecified atom stereocenters. The topological polar surface area (TPSA) is 78.1 Å². The number of rotatable bonds is 11. The monoisotopic (exact) mass is 587 g/mol. The van der Waals surface area contributed by atoms with Crippen molar-refractivity contribution in [2.24, 2.45) is 16.2 Å². The molecular formula is C12H12F19N3Si. The predicted octanol–water partition coefficient (Wildman–Crippen LogP) is 5.23. The van der Waals surface area contributed by atoms with E-state index in [1.807, 2.05) is 0 Å². The van der Waals surface area contributed by atoms with Gasteiger partial charge in [-0.1, -0.05) is 0 Å². The molecule has 0 fully saturated rings. The van der Waals surface area contributed by atoms with Gasteiger partial charge in [0.05, 0.1) is 0 Å². The first kappa shape index (κ1) is 33.8. The van der Waals surface area contributed by atoms with Gasteiger partial charge in [-0.05, 0) is 12.5 Å². The normalized spacial score (nSPS) is 16.6. The summed E-state index contributed by atoms with van der Waals surface area (Å²) < 4.78 is 249. The van der Waals surface area contributed by atoms with Gasteiger partial charge < -0.3 is 16.2 Å². The highest BCUT2D eigenvalue weighted by molar-refractivity contribution is 6.70. The van der Waals surface area contributed by atoms with Gasteiger partial charge in [-0.15, -0.1) is 0 Å². The van der Waals surface area contributed by atoms with E-state index in [1.165, 1.54) is 0 Å². The third kappa shape index (κ3) is 5.00. The van der Waals surface area contributed by atoms with Crippen molar-refractivity contribution in [3.63, 3.8) is 0 Å². The Kier molecular flexibility index (Phi) is 8.36. The molecule has 0 bridgehead atoms. The molecule has 0 atom stereocenters. The van der Waals surface area contributed by atoms with Crippen LogP contribution in [0.5, 0.6) is 0 Å². The predicted molar refractivity (Wildman–Crippen MR) is 78.0 cm³/mol. The molecule has 0 rings (SSSR count). The molecule has 0 aliphatic rings. The summed E-state index contributed by atoms with van der Waals surface area (Å²) in [4.78, 5) is 0. The van der Waals surface area contributed by atoms with E-state index in [0.29, 0.717) is 0 Å². The van der Waals surface area contributed by atoms with Gasteiger partial charge in [0.15, 0.2) is 0 Å². The van der Waals surface area contributed by atoms with Crippen molar-refractivity contribution in [1.29, 1.82) is 0 Å². The van der Waals surface area contributed by atoms with Crippen LogP contribution in [-0.4, -0.2) is 62.1 Å². The first-order chi connectivity index (χ1) is 14.7. The second-order valence-corrected chi connectivity index (χ2v) is 9.91. The fourth-order valence-electron chi connectivity index (χ4n) is 2.17. The SMILES string of the molecule is N[Si](N)(N)CCCC(F)(F)C(F)(F)C(F)(F)C(F)(F)C(F)(F)C(F)(F)C(F)(F)C(F)(F)C(F)(F)F. The summed E-state index contributed by atoms with van der Waals surface area (Å²) in [5, 5.41) is 14.8. The molecule has 0 saturated carbocycles. The van der Waals surface area contributed by atoms with E-state index in [9.17, 15) is 83.4 Å². The van der Waals surface area contributed by atoms with Crippen LogP contribution in [0.15, 0.2) is 0 Å². The Balaban J connectivity index is 6.64. The molecule has 0 saturated heterocycles. The summed E-state index contributed by atoms with van der Waals surface area (Å²) in [6.07, 6.45) is -12.1. The zero-order chi connectivity index (χ0) is 29.1. The molecule has 0 aliphatic carbocycles. The van der Waals surface area contributed by atoms with Crippen LogP contribution in [0.1, 0.15) is 12.8 Å². The Bertz CT molecular complexity index is 753. The fraction of sp³-hybridized carbons (Fsp3) is 1.00. The lowest BCUT2D eigenvalue weighted by Crippen LogP contribution is -2.75. The molecule has 35 heavy (non-hydrogen) atoms. The van der Waals surface area contributed by atoms with Gasteiger partial charge in [0.2, 0.25) is 0 Å². The van der Waals surface area contributed by atoms with E-state index in [2.05, 4.69) is 0 Å². The lowest BCUT2D eigenvalue weighted by Gasteiger charge is -2.43. The molecule has 23 heteroatoms. The van der Waals surface area contributed by atoms with E-state index in [-0.39, 0.29) is 0 Å². The zero-order valence-corrected chi connectivity index (χ0v) is 17.0. The van der Waals surface area contributed by atoms with E-state index in [0.717, 1.165) is 0 Å². The van der Waals surface area contributed by atoms with Crippen molar-refractivity contribution >= 4 is 8.56 Å². The third-order valence-corrected chi connectivity index (χ3v) is 5.50. The summed E-state index contributed by atoms with van der Waals surface area (Å²) in [6, 6.07) is -1.03. The fourth-order valence-corrected chi connectivity index (χ4v) is 2.96. The zero-order valence-electron chi connectivity index (χ0n) is 16.0. The first-order valence-electron chi connectivity index (χ1n) is 8.16. The summed E-state index contributed by atoms with van der Waals surface area (Å²) in [7, 11) is -3.89. The Morgan fingerprint density at radius 3 is 0.914 bits per heavy atom. The van der Waals surface area contributed by atoms with Gasteiger partial charge in [-0.2, -0.15) is 83.4 Å². The van der Waals surface area contributed by atoms with E-state index in [4.69, 9.17) is 16.2 Å². The van der Waals surface area contributed by atoms with Gasteiger partial charge >= 0.3 is 53.6 Å². The van der Waals surface area contributed by atoms with Gasteiger partial charge in [-0.25, -0.2) is 0 Å². The van der Waals surface area contributed by atoms with Gasteiger partial charge in [0.1, 0.15) is 0 Å². The molecule has 0 amide bonds. The minimum atomic E-state index is -8.92. The number of hydrogen-bond acceptors (Lipinski definition) is 3. The van der Waals surface area contributed by atoms with Crippen LogP contribution in [0.3, 0.4) is 0 Å². The smallest absolute Gasteiger partial charge is 0.327 e. The van der Waals surface area contributed by atoms with Crippen LogP contribution in [0, 0.1) is 0 Å². The maximum Gasteiger partial charge on any atom is 0.460 e. The highest BCUT2D eigenvalue weighted by Gasteiger charge is 2.96. The Morgan fingerprint density at radius 1 is 0.400 bits per heavy atom. The third-order valence-electron chi connectivity index (χ3n) is 4.28. The Hall–Kier alpha value is -1.23. The summed E-state index contributed by atoms with van der Waals surface area (Å²) >= 11 is 0. The Morgan fingerprint density at radius 2 is 0.657 bits per heavy atom. The minimum Gasteiger partial charge on any atom is -0.327 e. The second-order valence-electron chi connectivity index (χ2n) is 7.19. The van der Waals surface area contributed by atoms with Crippen molar-refractivity contribution in [2.45, 2.75) is 72.4 Å². The van der Waals surface area contributed by atoms with Gasteiger partial charge in [0.25, 0.3) is 8.56 Å². The standard InChI is InChI=1S/C12H12F19N3Si/c13-4(14,2-1-3-35(32,33)34)5(15,16)6(17,18)7(19,20)8(21,22)9(23,24)10(25,26)11(27,28)12(29,30)31/h1-3,32-34H2. The molecule has 0 aromatic carbocycles. The van der Waals surface area contributed by atoms with Crippen molar-refractivity contribution in [3.05, 3.63) is 0 Å². The average Bonchev–Trinajstić information content (AvgIpc) is 2.58. The van der Waals surface area contributed by atoms with Gasteiger partial charge in [-0.3, -0.25) is 0 Å². The molecule has 0 radical (unpaired) electrons. The number of hydrogen-bond donors (Lipinski definition) is 3. The number of alkyl halides is 19. The molecule has 3 nitrogen and oxygen atoms in total. The number of halogens is 19. The van der Waals surface area contributed by atoms with E-state index in [1.54, 1.807) is 0 Å². The van der Waals surface area contributed by atoms with Crippen LogP contribution in [0.4, 0.5) is 83.4 Å². The van der Waals surface area contributed by atoms with Crippen LogP contribution >= 0.6 is 0 Å². The van der Waals surface area contributed by atoms with Gasteiger partial charge in [0, 0.05) is 6.42 Å². The van der Waals surface area contributed by atoms with Crippen molar-refractivity contribution in [2.75, 3.05) is 0 Å². The first-order valence-corrected chi connectivity index (χ1v) is 10.6. The summed E-state index contributed by atoms with van der Waals surface area (Å²) in [6.45, 7) is 0. The molecule has 0 aromatic rings. The lowest BCUT2D eigenvalue weighted by atomic mass is 9.86. The molecule has 212 valence electrons. The highest BCUT2D eigenvalue weighted by Crippen LogP contribution is 2.65. The maximum absolute atomic E-state index is 13.6. The van der Waals surface area contributed by atoms with Crippen LogP contribution in [0.2, 0.25) is 6.04 Å². The van der Waals surface area contributed by atoms with Crippen LogP contribution < -0.4 is 16.2 Å². The molecular weight excluding hydrogens is 575 g/mol. The summed E-state index contributed by atoms with van der Waals surface area (Å²) in [5.41, 5.74) is 0. The van der Waals surface area contributed by atoms with Crippen LogP contribution in [0.25, 0.3) is 0 Å². The average molecular weight is 587 g/mol. The quantitative estimate of drug-likeness (QED) is 0.229. The minimum absolute atomic E-state index is 1.03. The van der Waals surface area contributed by atoms with E-state index < -0.39 is 81.0 Å². The van der Waals surface area contributed by atoms with Crippen molar-refractivity contribution in [1.82, 2.24) is 0 Å². The maximum atomic E-state index is 13.6. The summed E-state index contributed by atoms with van der Waals surface area (Å²) in [5.74, 6) is -66.5. The molecule has 6 N–H and O–H groups in total. The van der Waals surface area contributed by atoms with Crippen molar-refractivity contribution < 1.29 is 83.4 Å². The molecule has 0 aliphatic heterocycles. The van der Waals surface area contributed by atoms with Crippen molar-refractivity contribution in [3.8, 4) is 0 Å². The highest BCUT2D eigenvalue weighted by atomic mass is 28.4. The van der Waals surface area contributed by atoms with E-state index >= 15 is 0 Å². The molecule has 0 aromatic heterocycles. The lowest BCUT2D eigenvalue weighted by molar-refractivity contribution is -0.468. The number of nitrogens with two attached hydrogens (primary N) is 3. The Labute approximate surface area is 182 Å². The molecule has 0 spiro atoms. The largest absolute Gasteiger partial charge is 0.460 e. The second kappa shape index (κ2) is 8.67. The van der Waals surface area contributed by atoms with Crippen LogP contribution in [-0.2, 0) is 0 Å². The molecule has 0 heterocycles.